The molecule has 0 atom stereocenters. The van der Waals surface area contributed by atoms with Crippen LogP contribution in [0.1, 0.15) is 37.5 Å². The third kappa shape index (κ3) is 4.35. The van der Waals surface area contributed by atoms with Crippen LogP contribution in [0, 0.1) is 0 Å². The van der Waals surface area contributed by atoms with E-state index < -0.39 is 0 Å². The summed E-state index contributed by atoms with van der Waals surface area (Å²) >= 11 is 3.53. The molecule has 1 fully saturated rings. The predicted molar refractivity (Wildman–Crippen MR) is 110 cm³/mol. The molecule has 2 aromatic heterocycles. The number of aromatic nitrogens is 3. The molecule has 1 saturated heterocycles. The highest BCUT2D eigenvalue weighted by molar-refractivity contribution is 9.10. The number of rotatable bonds is 6. The van der Waals surface area contributed by atoms with Crippen molar-refractivity contribution in [3.63, 3.8) is 0 Å². The number of carbonyl (C=O) groups excluding carboxylic acids is 1. The van der Waals surface area contributed by atoms with Gasteiger partial charge in [0.15, 0.2) is 0 Å². The molecule has 0 aliphatic carbocycles. The summed E-state index contributed by atoms with van der Waals surface area (Å²) in [6.45, 7) is 2.38. The van der Waals surface area contributed by atoms with E-state index >= 15 is 0 Å². The molecular weight excluding hydrogens is 420 g/mol. The van der Waals surface area contributed by atoms with Crippen LogP contribution in [0.25, 0.3) is 11.4 Å². The molecule has 0 N–H and O–H groups in total. The smallest absolute Gasteiger partial charge is 0.230 e. The number of halogens is 1. The van der Waals surface area contributed by atoms with Crippen LogP contribution < -0.4 is 0 Å². The second-order valence-electron chi connectivity index (χ2n) is 7.12. The minimum atomic E-state index is 0.215. The van der Waals surface area contributed by atoms with Gasteiger partial charge >= 0.3 is 0 Å². The average Bonchev–Trinajstić information content (AvgIpc) is 3.41. The summed E-state index contributed by atoms with van der Waals surface area (Å²) in [5.74, 6) is 1.73. The zero-order valence-electron chi connectivity index (χ0n) is 15.6. The summed E-state index contributed by atoms with van der Waals surface area (Å²) in [4.78, 5) is 19.0. The van der Waals surface area contributed by atoms with Gasteiger partial charge in [0.05, 0.1) is 0 Å². The standard InChI is InChI=1S/C21H23BrN4O2/c22-18-7-2-1-6-17(18)20-23-21(28-24-20)16-9-14-26(15-10-16)19(27)8-5-13-25-11-3-4-12-25/h1-4,6-7,11-12,16H,5,8-10,13-15H2. The molecule has 0 spiro atoms. The number of hydrogen-bond acceptors (Lipinski definition) is 4. The van der Waals surface area contributed by atoms with Gasteiger partial charge in [-0.1, -0.05) is 33.2 Å². The summed E-state index contributed by atoms with van der Waals surface area (Å²) in [5, 5.41) is 4.14. The highest BCUT2D eigenvalue weighted by atomic mass is 79.9. The van der Waals surface area contributed by atoms with Crippen molar-refractivity contribution in [2.24, 2.45) is 0 Å². The lowest BCUT2D eigenvalue weighted by atomic mass is 9.96. The molecule has 6 nitrogen and oxygen atoms in total. The Morgan fingerprint density at radius 3 is 2.64 bits per heavy atom. The molecule has 3 heterocycles. The predicted octanol–water partition coefficient (Wildman–Crippen LogP) is 4.49. The minimum Gasteiger partial charge on any atom is -0.354 e. The maximum atomic E-state index is 12.5. The van der Waals surface area contributed by atoms with Gasteiger partial charge in [-0.15, -0.1) is 0 Å². The van der Waals surface area contributed by atoms with E-state index in [-0.39, 0.29) is 11.8 Å². The molecule has 1 amide bonds. The SMILES string of the molecule is O=C(CCCn1cccc1)N1CCC(c2nc(-c3ccccc3Br)no2)CC1. The van der Waals surface area contributed by atoms with E-state index in [1.54, 1.807) is 0 Å². The lowest BCUT2D eigenvalue weighted by Gasteiger charge is -2.30. The molecule has 0 radical (unpaired) electrons. The van der Waals surface area contributed by atoms with E-state index in [2.05, 4.69) is 30.6 Å². The third-order valence-corrected chi connectivity index (χ3v) is 5.92. The Balaban J connectivity index is 1.28. The first kappa shape index (κ1) is 18.9. The Kier molecular flexibility index (Phi) is 5.90. The van der Waals surface area contributed by atoms with E-state index in [1.165, 1.54) is 0 Å². The Hall–Kier alpha value is -2.41. The lowest BCUT2D eigenvalue weighted by molar-refractivity contribution is -0.132. The molecule has 1 aliphatic rings. The molecule has 0 saturated carbocycles. The van der Waals surface area contributed by atoms with Gasteiger partial charge in [-0.25, -0.2) is 0 Å². The van der Waals surface area contributed by atoms with Crippen LogP contribution in [0.2, 0.25) is 0 Å². The topological polar surface area (TPSA) is 64.2 Å². The second-order valence-corrected chi connectivity index (χ2v) is 7.97. The van der Waals surface area contributed by atoms with Gasteiger partial charge < -0.3 is 14.0 Å². The van der Waals surface area contributed by atoms with Crippen molar-refractivity contribution in [2.75, 3.05) is 13.1 Å². The van der Waals surface area contributed by atoms with E-state index in [1.807, 2.05) is 53.7 Å². The van der Waals surface area contributed by atoms with Crippen LogP contribution in [0.4, 0.5) is 0 Å². The fourth-order valence-electron chi connectivity index (χ4n) is 3.62. The van der Waals surface area contributed by atoms with Crippen LogP contribution in [0.5, 0.6) is 0 Å². The number of nitrogens with zero attached hydrogens (tertiary/aromatic N) is 4. The van der Waals surface area contributed by atoms with Crippen LogP contribution >= 0.6 is 15.9 Å². The lowest BCUT2D eigenvalue weighted by Crippen LogP contribution is -2.37. The van der Waals surface area contributed by atoms with Gasteiger partial charge in [-0.2, -0.15) is 4.98 Å². The normalized spacial score (nSPS) is 15.1. The highest BCUT2D eigenvalue weighted by Crippen LogP contribution is 2.31. The maximum Gasteiger partial charge on any atom is 0.230 e. The zero-order valence-corrected chi connectivity index (χ0v) is 17.2. The molecule has 1 aromatic carbocycles. The summed E-state index contributed by atoms with van der Waals surface area (Å²) in [6.07, 6.45) is 7.25. The Morgan fingerprint density at radius 1 is 1.14 bits per heavy atom. The number of amides is 1. The van der Waals surface area contributed by atoms with E-state index in [9.17, 15) is 4.79 Å². The van der Waals surface area contributed by atoms with Gasteiger partial charge in [0.25, 0.3) is 0 Å². The molecule has 4 rings (SSSR count). The average molecular weight is 443 g/mol. The highest BCUT2D eigenvalue weighted by Gasteiger charge is 2.27. The van der Waals surface area contributed by atoms with Gasteiger partial charge in [-0.05, 0) is 43.5 Å². The van der Waals surface area contributed by atoms with Crippen molar-refractivity contribution in [1.29, 1.82) is 0 Å². The van der Waals surface area contributed by atoms with Crippen molar-refractivity contribution in [3.05, 3.63) is 59.2 Å². The summed E-state index contributed by atoms with van der Waals surface area (Å²) in [5.41, 5.74) is 0.924. The summed E-state index contributed by atoms with van der Waals surface area (Å²) in [6, 6.07) is 11.9. The maximum absolute atomic E-state index is 12.5. The number of benzene rings is 1. The number of piperidine rings is 1. The van der Waals surface area contributed by atoms with Crippen molar-refractivity contribution in [1.82, 2.24) is 19.6 Å². The first-order valence-electron chi connectivity index (χ1n) is 9.68. The molecule has 28 heavy (non-hydrogen) atoms. The summed E-state index contributed by atoms with van der Waals surface area (Å²) < 4.78 is 8.58. The van der Waals surface area contributed by atoms with Crippen molar-refractivity contribution in [2.45, 2.75) is 38.1 Å². The van der Waals surface area contributed by atoms with E-state index in [0.717, 1.165) is 48.9 Å². The molecule has 0 bridgehead atoms. The van der Waals surface area contributed by atoms with Gasteiger partial charge in [-0.3, -0.25) is 4.79 Å². The van der Waals surface area contributed by atoms with Crippen LogP contribution in [-0.2, 0) is 11.3 Å². The molecule has 1 aliphatic heterocycles. The first-order chi connectivity index (χ1) is 13.7. The monoisotopic (exact) mass is 442 g/mol. The minimum absolute atomic E-state index is 0.215. The van der Waals surface area contributed by atoms with E-state index in [0.29, 0.717) is 18.1 Å². The fraction of sp³-hybridized carbons (Fsp3) is 0.381. The van der Waals surface area contributed by atoms with Crippen LogP contribution in [-0.4, -0.2) is 38.6 Å². The Labute approximate surface area is 172 Å². The number of likely N-dealkylation sites (tertiary alicyclic amines) is 1. The largest absolute Gasteiger partial charge is 0.354 e. The number of carbonyl (C=O) groups is 1. The van der Waals surface area contributed by atoms with Crippen LogP contribution in [0.15, 0.2) is 57.8 Å². The number of aryl methyl sites for hydroxylation is 1. The quantitative estimate of drug-likeness (QED) is 0.563. The third-order valence-electron chi connectivity index (χ3n) is 5.23. The molecular formula is C21H23BrN4O2. The Morgan fingerprint density at radius 2 is 1.89 bits per heavy atom. The van der Waals surface area contributed by atoms with Gasteiger partial charge in [0, 0.05) is 54.4 Å². The van der Waals surface area contributed by atoms with Gasteiger partial charge in [0.1, 0.15) is 0 Å². The number of hydrogen-bond donors (Lipinski definition) is 0. The van der Waals surface area contributed by atoms with Crippen molar-refractivity contribution < 1.29 is 9.32 Å². The van der Waals surface area contributed by atoms with Crippen molar-refractivity contribution in [3.8, 4) is 11.4 Å². The first-order valence-corrected chi connectivity index (χ1v) is 10.5. The van der Waals surface area contributed by atoms with E-state index in [4.69, 9.17) is 4.52 Å². The second kappa shape index (κ2) is 8.73. The van der Waals surface area contributed by atoms with Gasteiger partial charge in [0.2, 0.25) is 17.6 Å². The Bertz CT molecular complexity index is 914. The summed E-state index contributed by atoms with van der Waals surface area (Å²) in [7, 11) is 0. The molecule has 0 unspecified atom stereocenters. The van der Waals surface area contributed by atoms with Crippen LogP contribution in [0.3, 0.4) is 0 Å². The molecule has 7 heteroatoms. The molecule has 146 valence electrons. The zero-order chi connectivity index (χ0) is 19.3. The fourth-order valence-corrected chi connectivity index (χ4v) is 4.08. The van der Waals surface area contributed by atoms with Crippen molar-refractivity contribution >= 4 is 21.8 Å². The molecule has 3 aromatic rings.